The van der Waals surface area contributed by atoms with Gasteiger partial charge in [-0.25, -0.2) is 0 Å². The van der Waals surface area contributed by atoms with Crippen LogP contribution >= 0.6 is 0 Å². The highest BCUT2D eigenvalue weighted by Crippen LogP contribution is 2.32. The molecule has 0 aromatic carbocycles. The third kappa shape index (κ3) is 4.06. The van der Waals surface area contributed by atoms with Crippen molar-refractivity contribution < 1.29 is 4.74 Å². The Kier molecular flexibility index (Phi) is 5.11. The maximum Gasteiger partial charge on any atom is 0.0622 e. The summed E-state index contributed by atoms with van der Waals surface area (Å²) in [4.78, 5) is 0. The number of hydrogen-bond donors (Lipinski definition) is 1. The molecule has 0 heterocycles. The molecule has 0 bridgehead atoms. The summed E-state index contributed by atoms with van der Waals surface area (Å²) in [5.74, 6) is 1.86. The molecule has 2 fully saturated rings. The monoisotopic (exact) mass is 225 g/mol. The highest BCUT2D eigenvalue weighted by molar-refractivity contribution is 4.78. The van der Waals surface area contributed by atoms with Crippen molar-refractivity contribution in [2.75, 3.05) is 20.3 Å². The van der Waals surface area contributed by atoms with E-state index in [9.17, 15) is 0 Å². The molecule has 0 radical (unpaired) electrons. The van der Waals surface area contributed by atoms with Crippen LogP contribution < -0.4 is 5.32 Å². The van der Waals surface area contributed by atoms with Crippen LogP contribution in [0, 0.1) is 11.8 Å². The van der Waals surface area contributed by atoms with Gasteiger partial charge in [0.25, 0.3) is 0 Å². The predicted molar refractivity (Wildman–Crippen MR) is 67.6 cm³/mol. The lowest BCUT2D eigenvalue weighted by atomic mass is 9.84. The fourth-order valence-electron chi connectivity index (χ4n) is 2.86. The number of ether oxygens (including phenoxy) is 1. The van der Waals surface area contributed by atoms with Crippen molar-refractivity contribution in [3.05, 3.63) is 0 Å². The molecule has 1 unspecified atom stereocenters. The topological polar surface area (TPSA) is 21.3 Å². The minimum atomic E-state index is 0.597. The van der Waals surface area contributed by atoms with Gasteiger partial charge in [0, 0.05) is 12.6 Å². The van der Waals surface area contributed by atoms with Gasteiger partial charge in [-0.2, -0.15) is 0 Å². The van der Waals surface area contributed by atoms with Crippen molar-refractivity contribution >= 4 is 0 Å². The minimum absolute atomic E-state index is 0.597. The van der Waals surface area contributed by atoms with Crippen molar-refractivity contribution in [3.8, 4) is 0 Å². The Morgan fingerprint density at radius 3 is 2.50 bits per heavy atom. The Morgan fingerprint density at radius 2 is 1.88 bits per heavy atom. The lowest BCUT2D eigenvalue weighted by Crippen LogP contribution is -2.38. The number of nitrogens with one attached hydrogen (secondary N) is 1. The highest BCUT2D eigenvalue weighted by atomic mass is 16.5. The number of hydrogen-bond acceptors (Lipinski definition) is 2. The summed E-state index contributed by atoms with van der Waals surface area (Å²) >= 11 is 0. The quantitative estimate of drug-likeness (QED) is 0.673. The zero-order valence-electron chi connectivity index (χ0n) is 10.7. The number of rotatable bonds is 7. The first-order chi connectivity index (χ1) is 7.90. The van der Waals surface area contributed by atoms with Gasteiger partial charge in [0.15, 0.2) is 0 Å². The van der Waals surface area contributed by atoms with Crippen LogP contribution in [0.25, 0.3) is 0 Å². The summed E-state index contributed by atoms with van der Waals surface area (Å²) in [6, 6.07) is 0.597. The normalized spacial score (nSPS) is 24.6. The maximum absolute atomic E-state index is 5.83. The molecule has 0 aromatic heterocycles. The van der Waals surface area contributed by atoms with Crippen LogP contribution in [0.3, 0.4) is 0 Å². The van der Waals surface area contributed by atoms with Crippen LogP contribution in [0.1, 0.15) is 51.4 Å². The van der Waals surface area contributed by atoms with E-state index >= 15 is 0 Å². The standard InChI is InChI=1S/C14H27NO/c1-15-14(13-5-3-2-4-6-13)11-16-10-9-12-7-8-12/h12-15H,2-11H2,1H3. The van der Waals surface area contributed by atoms with Gasteiger partial charge < -0.3 is 10.1 Å². The highest BCUT2D eigenvalue weighted by Gasteiger charge is 2.23. The fraction of sp³-hybridized carbons (Fsp3) is 1.00. The molecule has 2 nitrogen and oxygen atoms in total. The summed E-state index contributed by atoms with van der Waals surface area (Å²) < 4.78 is 5.83. The molecule has 2 aliphatic rings. The molecule has 2 saturated carbocycles. The molecular formula is C14H27NO. The summed E-state index contributed by atoms with van der Waals surface area (Å²) in [5.41, 5.74) is 0. The van der Waals surface area contributed by atoms with Crippen molar-refractivity contribution in [1.82, 2.24) is 5.32 Å². The van der Waals surface area contributed by atoms with E-state index in [1.54, 1.807) is 0 Å². The van der Waals surface area contributed by atoms with Crippen LogP contribution in [-0.2, 0) is 4.74 Å². The second-order valence-corrected chi connectivity index (χ2v) is 5.60. The Labute approximate surface area is 100 Å². The van der Waals surface area contributed by atoms with Crippen molar-refractivity contribution in [1.29, 1.82) is 0 Å². The van der Waals surface area contributed by atoms with Crippen LogP contribution in [0.4, 0.5) is 0 Å². The van der Waals surface area contributed by atoms with Crippen LogP contribution in [0.2, 0.25) is 0 Å². The largest absolute Gasteiger partial charge is 0.380 e. The second kappa shape index (κ2) is 6.61. The van der Waals surface area contributed by atoms with Crippen molar-refractivity contribution in [3.63, 3.8) is 0 Å². The lowest BCUT2D eigenvalue weighted by molar-refractivity contribution is 0.0833. The third-order valence-corrected chi connectivity index (χ3v) is 4.25. The molecule has 0 aromatic rings. The molecule has 94 valence electrons. The van der Waals surface area contributed by atoms with E-state index < -0.39 is 0 Å². The summed E-state index contributed by atoms with van der Waals surface area (Å²) in [5, 5.41) is 3.45. The minimum Gasteiger partial charge on any atom is -0.380 e. The molecule has 0 aliphatic heterocycles. The molecule has 1 N–H and O–H groups in total. The smallest absolute Gasteiger partial charge is 0.0622 e. The van der Waals surface area contributed by atoms with Gasteiger partial charge in [0.2, 0.25) is 0 Å². The van der Waals surface area contributed by atoms with Gasteiger partial charge in [-0.05, 0) is 38.1 Å². The first kappa shape index (κ1) is 12.4. The summed E-state index contributed by atoms with van der Waals surface area (Å²) in [6.45, 7) is 1.91. The molecule has 0 saturated heterocycles. The predicted octanol–water partition coefficient (Wildman–Crippen LogP) is 2.97. The molecule has 0 spiro atoms. The Bertz CT molecular complexity index is 185. The molecule has 2 aliphatic carbocycles. The van der Waals surface area contributed by atoms with Crippen molar-refractivity contribution in [2.24, 2.45) is 11.8 Å². The zero-order chi connectivity index (χ0) is 11.2. The molecule has 0 amide bonds. The summed E-state index contributed by atoms with van der Waals surface area (Å²) in [6.07, 6.45) is 11.3. The SMILES string of the molecule is CNC(COCCC1CC1)C1CCCCC1. The fourth-order valence-corrected chi connectivity index (χ4v) is 2.86. The van der Waals surface area contributed by atoms with Gasteiger partial charge in [-0.3, -0.25) is 0 Å². The lowest BCUT2D eigenvalue weighted by Gasteiger charge is -2.29. The third-order valence-electron chi connectivity index (χ3n) is 4.25. The first-order valence-corrected chi connectivity index (χ1v) is 7.15. The first-order valence-electron chi connectivity index (χ1n) is 7.15. The molecule has 16 heavy (non-hydrogen) atoms. The van der Waals surface area contributed by atoms with Gasteiger partial charge in [-0.15, -0.1) is 0 Å². The van der Waals surface area contributed by atoms with Crippen LogP contribution in [-0.4, -0.2) is 26.3 Å². The van der Waals surface area contributed by atoms with E-state index in [0.29, 0.717) is 6.04 Å². The van der Waals surface area contributed by atoms with Crippen LogP contribution in [0.15, 0.2) is 0 Å². The van der Waals surface area contributed by atoms with Crippen molar-refractivity contribution in [2.45, 2.75) is 57.4 Å². The van der Waals surface area contributed by atoms with Gasteiger partial charge in [-0.1, -0.05) is 32.1 Å². The maximum atomic E-state index is 5.83. The summed E-state index contributed by atoms with van der Waals surface area (Å²) in [7, 11) is 2.09. The Hall–Kier alpha value is -0.0800. The molecule has 2 rings (SSSR count). The second-order valence-electron chi connectivity index (χ2n) is 5.60. The van der Waals surface area contributed by atoms with E-state index in [-0.39, 0.29) is 0 Å². The molecular weight excluding hydrogens is 198 g/mol. The van der Waals surface area contributed by atoms with Gasteiger partial charge in [0.05, 0.1) is 6.61 Å². The van der Waals surface area contributed by atoms with E-state index in [1.165, 1.54) is 51.4 Å². The number of likely N-dealkylation sites (N-methyl/N-ethyl adjacent to an activating group) is 1. The van der Waals surface area contributed by atoms with Gasteiger partial charge in [0.1, 0.15) is 0 Å². The van der Waals surface area contributed by atoms with Gasteiger partial charge >= 0.3 is 0 Å². The van der Waals surface area contributed by atoms with E-state index in [1.807, 2.05) is 0 Å². The van der Waals surface area contributed by atoms with E-state index in [0.717, 1.165) is 25.0 Å². The van der Waals surface area contributed by atoms with Crippen LogP contribution in [0.5, 0.6) is 0 Å². The molecule has 2 heteroatoms. The Balaban J connectivity index is 1.59. The molecule has 1 atom stereocenters. The van der Waals surface area contributed by atoms with E-state index in [2.05, 4.69) is 12.4 Å². The zero-order valence-corrected chi connectivity index (χ0v) is 10.7. The Morgan fingerprint density at radius 1 is 1.12 bits per heavy atom. The van der Waals surface area contributed by atoms with E-state index in [4.69, 9.17) is 4.74 Å². The average Bonchev–Trinajstić information content (AvgIpc) is 3.14. The average molecular weight is 225 g/mol.